The van der Waals surface area contributed by atoms with E-state index < -0.39 is 0 Å². The lowest BCUT2D eigenvalue weighted by Gasteiger charge is -2.08. The first kappa shape index (κ1) is 8.66. The Bertz CT molecular complexity index is 230. The van der Waals surface area contributed by atoms with Crippen LogP contribution in [-0.2, 0) is 0 Å². The van der Waals surface area contributed by atoms with Crippen LogP contribution in [-0.4, -0.2) is 6.26 Å². The van der Waals surface area contributed by atoms with E-state index in [1.165, 1.54) is 11.1 Å². The standard InChI is InChI=1S/C10H14S/c1-8-5-4-6-10(7-8)9(2)11-3/h4-7,9H,1-3H3. The summed E-state index contributed by atoms with van der Waals surface area (Å²) >= 11 is 1.89. The zero-order valence-corrected chi connectivity index (χ0v) is 8.11. The average Bonchev–Trinajstić information content (AvgIpc) is 2.03. The van der Waals surface area contributed by atoms with Gasteiger partial charge in [-0.3, -0.25) is 0 Å². The predicted octanol–water partition coefficient (Wildman–Crippen LogP) is 3.42. The van der Waals surface area contributed by atoms with Crippen LogP contribution >= 0.6 is 11.8 Å². The van der Waals surface area contributed by atoms with Gasteiger partial charge >= 0.3 is 0 Å². The van der Waals surface area contributed by atoms with Crippen LogP contribution in [0.3, 0.4) is 0 Å². The third-order valence-corrected chi connectivity index (χ3v) is 2.84. The summed E-state index contributed by atoms with van der Waals surface area (Å²) in [6.45, 7) is 4.37. The molecule has 0 aliphatic heterocycles. The lowest BCUT2D eigenvalue weighted by molar-refractivity contribution is 1.10. The van der Waals surface area contributed by atoms with Crippen LogP contribution in [0.15, 0.2) is 24.3 Å². The van der Waals surface area contributed by atoms with Crippen molar-refractivity contribution in [3.63, 3.8) is 0 Å². The van der Waals surface area contributed by atoms with Gasteiger partial charge in [-0.25, -0.2) is 0 Å². The maximum Gasteiger partial charge on any atom is 0.0266 e. The molecule has 0 aromatic heterocycles. The number of thioether (sulfide) groups is 1. The molecule has 0 fully saturated rings. The second kappa shape index (κ2) is 3.82. The van der Waals surface area contributed by atoms with Gasteiger partial charge in [-0.15, -0.1) is 0 Å². The fourth-order valence-corrected chi connectivity index (χ4v) is 1.48. The van der Waals surface area contributed by atoms with Gasteiger partial charge in [0.2, 0.25) is 0 Å². The first-order chi connectivity index (χ1) is 5.24. The van der Waals surface area contributed by atoms with Gasteiger partial charge in [0.25, 0.3) is 0 Å². The SMILES string of the molecule is CSC(C)c1cccc(C)c1. The minimum absolute atomic E-state index is 0.620. The number of rotatable bonds is 2. The van der Waals surface area contributed by atoms with Crippen molar-refractivity contribution in [3.05, 3.63) is 35.4 Å². The molecule has 0 bridgehead atoms. The highest BCUT2D eigenvalue weighted by atomic mass is 32.2. The average molecular weight is 166 g/mol. The summed E-state index contributed by atoms with van der Waals surface area (Å²) in [6.07, 6.45) is 2.15. The summed E-state index contributed by atoms with van der Waals surface area (Å²) in [5.41, 5.74) is 2.78. The van der Waals surface area contributed by atoms with E-state index in [-0.39, 0.29) is 0 Å². The van der Waals surface area contributed by atoms with Gasteiger partial charge in [-0.2, -0.15) is 11.8 Å². The van der Waals surface area contributed by atoms with Gasteiger partial charge in [-0.05, 0) is 25.7 Å². The molecule has 1 rings (SSSR count). The summed E-state index contributed by atoms with van der Waals surface area (Å²) in [7, 11) is 0. The second-order valence-corrected chi connectivity index (χ2v) is 3.97. The monoisotopic (exact) mass is 166 g/mol. The van der Waals surface area contributed by atoms with Crippen molar-refractivity contribution in [1.82, 2.24) is 0 Å². The molecular formula is C10H14S. The van der Waals surface area contributed by atoms with Crippen LogP contribution in [0.1, 0.15) is 23.3 Å². The second-order valence-electron chi connectivity index (χ2n) is 2.79. The first-order valence-electron chi connectivity index (χ1n) is 3.83. The zero-order valence-electron chi connectivity index (χ0n) is 7.29. The third kappa shape index (κ3) is 2.26. The minimum Gasteiger partial charge on any atom is -0.158 e. The molecule has 0 amide bonds. The summed E-state index contributed by atoms with van der Waals surface area (Å²) < 4.78 is 0. The number of benzene rings is 1. The highest BCUT2D eigenvalue weighted by Crippen LogP contribution is 2.25. The minimum atomic E-state index is 0.620. The molecule has 0 aliphatic rings. The summed E-state index contributed by atoms with van der Waals surface area (Å²) in [5, 5.41) is 0.620. The Labute approximate surface area is 73.0 Å². The van der Waals surface area contributed by atoms with Gasteiger partial charge in [0.1, 0.15) is 0 Å². The van der Waals surface area contributed by atoms with Crippen LogP contribution in [0.5, 0.6) is 0 Å². The fraction of sp³-hybridized carbons (Fsp3) is 0.400. The van der Waals surface area contributed by atoms with E-state index in [1.807, 2.05) is 11.8 Å². The van der Waals surface area contributed by atoms with Crippen LogP contribution in [0.4, 0.5) is 0 Å². The topological polar surface area (TPSA) is 0 Å². The van der Waals surface area contributed by atoms with Gasteiger partial charge in [0.15, 0.2) is 0 Å². The Kier molecular flexibility index (Phi) is 3.01. The fourth-order valence-electron chi connectivity index (χ4n) is 1.06. The van der Waals surface area contributed by atoms with Crippen LogP contribution in [0.2, 0.25) is 0 Å². The Balaban J connectivity index is 2.86. The molecule has 0 nitrogen and oxygen atoms in total. The molecule has 0 N–H and O–H groups in total. The molecule has 1 heteroatoms. The molecule has 1 unspecified atom stereocenters. The smallest absolute Gasteiger partial charge is 0.0266 e. The number of hydrogen-bond acceptors (Lipinski definition) is 1. The quantitative estimate of drug-likeness (QED) is 0.648. The van der Waals surface area contributed by atoms with Crippen molar-refractivity contribution in [2.45, 2.75) is 19.1 Å². The molecule has 0 saturated heterocycles. The van der Waals surface area contributed by atoms with Crippen molar-refractivity contribution >= 4 is 11.8 Å². The zero-order chi connectivity index (χ0) is 8.27. The molecule has 0 aliphatic carbocycles. The predicted molar refractivity (Wildman–Crippen MR) is 53.1 cm³/mol. The molecule has 0 saturated carbocycles. The van der Waals surface area contributed by atoms with Crippen molar-refractivity contribution in [2.75, 3.05) is 6.26 Å². The van der Waals surface area contributed by atoms with Gasteiger partial charge in [-0.1, -0.05) is 29.8 Å². The van der Waals surface area contributed by atoms with E-state index in [1.54, 1.807) is 0 Å². The summed E-state index contributed by atoms with van der Waals surface area (Å²) in [5.74, 6) is 0. The lowest BCUT2D eigenvalue weighted by atomic mass is 10.1. The Morgan fingerprint density at radius 2 is 2.09 bits per heavy atom. The molecule has 0 radical (unpaired) electrons. The Morgan fingerprint density at radius 3 is 2.64 bits per heavy atom. The molecule has 0 heterocycles. The largest absolute Gasteiger partial charge is 0.158 e. The van der Waals surface area contributed by atoms with Crippen LogP contribution in [0, 0.1) is 6.92 Å². The van der Waals surface area contributed by atoms with E-state index in [4.69, 9.17) is 0 Å². The van der Waals surface area contributed by atoms with Gasteiger partial charge in [0, 0.05) is 5.25 Å². The third-order valence-electron chi connectivity index (χ3n) is 1.87. The lowest BCUT2D eigenvalue weighted by Crippen LogP contribution is -1.86. The molecule has 1 atom stereocenters. The van der Waals surface area contributed by atoms with Gasteiger partial charge in [0.05, 0.1) is 0 Å². The summed E-state index contributed by atoms with van der Waals surface area (Å²) in [6, 6.07) is 8.70. The van der Waals surface area contributed by atoms with Crippen molar-refractivity contribution in [1.29, 1.82) is 0 Å². The highest BCUT2D eigenvalue weighted by Gasteiger charge is 2.01. The molecular weight excluding hydrogens is 152 g/mol. The normalized spacial score (nSPS) is 13.0. The molecule has 1 aromatic rings. The molecule has 60 valence electrons. The highest BCUT2D eigenvalue weighted by molar-refractivity contribution is 7.98. The maximum atomic E-state index is 2.25. The van der Waals surface area contributed by atoms with Crippen LogP contribution < -0.4 is 0 Å². The summed E-state index contributed by atoms with van der Waals surface area (Å²) in [4.78, 5) is 0. The molecule has 11 heavy (non-hydrogen) atoms. The van der Waals surface area contributed by atoms with Gasteiger partial charge < -0.3 is 0 Å². The first-order valence-corrected chi connectivity index (χ1v) is 5.12. The van der Waals surface area contributed by atoms with E-state index in [9.17, 15) is 0 Å². The van der Waals surface area contributed by atoms with E-state index in [0.29, 0.717) is 5.25 Å². The Hall–Kier alpha value is -0.430. The van der Waals surface area contributed by atoms with E-state index in [0.717, 1.165) is 0 Å². The maximum absolute atomic E-state index is 2.25. The van der Waals surface area contributed by atoms with Crippen molar-refractivity contribution in [3.8, 4) is 0 Å². The molecule has 1 aromatic carbocycles. The molecule has 0 spiro atoms. The number of hydrogen-bond donors (Lipinski definition) is 0. The van der Waals surface area contributed by atoms with E-state index in [2.05, 4.69) is 44.4 Å². The number of aryl methyl sites for hydroxylation is 1. The van der Waals surface area contributed by atoms with Crippen molar-refractivity contribution in [2.24, 2.45) is 0 Å². The van der Waals surface area contributed by atoms with E-state index >= 15 is 0 Å². The van der Waals surface area contributed by atoms with Crippen LogP contribution in [0.25, 0.3) is 0 Å². The van der Waals surface area contributed by atoms with Crippen molar-refractivity contribution < 1.29 is 0 Å². The Morgan fingerprint density at radius 1 is 1.36 bits per heavy atom.